The van der Waals surface area contributed by atoms with E-state index in [2.05, 4.69) is 12.6 Å². The third-order valence-electron chi connectivity index (χ3n) is 2.21. The Balaban J connectivity index is 3.01. The number of ether oxygens (including phenoxy) is 1. The molecule has 5 heteroatoms. The topological polar surface area (TPSA) is 50.1 Å². The fraction of sp³-hybridized carbons (Fsp3) is 0.333. The molecule has 0 radical (unpaired) electrons. The van der Waals surface area contributed by atoms with E-state index < -0.39 is 0 Å². The number of thiol groups is 1. The first kappa shape index (κ1) is 13.9. The Hall–Kier alpha value is -1.18. The summed E-state index contributed by atoms with van der Waals surface area (Å²) in [5.41, 5.74) is 1.91. The van der Waals surface area contributed by atoms with E-state index in [1.54, 1.807) is 19.1 Å². The van der Waals surface area contributed by atoms with Crippen molar-refractivity contribution < 1.29 is 9.53 Å². The van der Waals surface area contributed by atoms with Crippen LogP contribution in [0.15, 0.2) is 17.0 Å². The summed E-state index contributed by atoms with van der Waals surface area (Å²) in [5.74, 6) is -0.0831. The molecule has 0 aromatic heterocycles. The Morgan fingerprint density at radius 1 is 1.53 bits per heavy atom. The molecule has 0 heterocycles. The molecule has 0 saturated heterocycles. The lowest BCUT2D eigenvalue weighted by Gasteiger charge is -2.08. The first-order valence-corrected chi connectivity index (χ1v) is 6.07. The molecular weight excluding hydrogens is 258 g/mol. The number of benzene rings is 1. The first-order chi connectivity index (χ1) is 8.12. The minimum atomic E-state index is -0.312. The molecule has 0 unspecified atom stereocenters. The van der Waals surface area contributed by atoms with Gasteiger partial charge in [0, 0.05) is 10.8 Å². The van der Waals surface area contributed by atoms with Gasteiger partial charge in [-0.05, 0) is 24.1 Å². The first-order valence-electron chi connectivity index (χ1n) is 5.08. The maximum absolute atomic E-state index is 11.4. The predicted octanol–water partition coefficient (Wildman–Crippen LogP) is 2.69. The van der Waals surface area contributed by atoms with Gasteiger partial charge >= 0.3 is 5.97 Å². The molecule has 0 spiro atoms. The maximum atomic E-state index is 11.4. The van der Waals surface area contributed by atoms with Gasteiger partial charge in [-0.15, -0.1) is 24.2 Å². The Kier molecular flexibility index (Phi) is 5.33. The SMILES string of the molecule is CCOC(=O)Cc1cc(CCl)c(C#N)cc1S. The molecule has 0 saturated carbocycles. The lowest BCUT2D eigenvalue weighted by molar-refractivity contribution is -0.142. The number of rotatable bonds is 4. The number of nitriles is 1. The smallest absolute Gasteiger partial charge is 0.310 e. The molecule has 1 rings (SSSR count). The van der Waals surface area contributed by atoms with Crippen molar-refractivity contribution in [2.24, 2.45) is 0 Å². The van der Waals surface area contributed by atoms with Crippen molar-refractivity contribution in [1.29, 1.82) is 5.26 Å². The van der Waals surface area contributed by atoms with E-state index in [1.807, 2.05) is 6.07 Å². The van der Waals surface area contributed by atoms with Crippen molar-refractivity contribution in [3.63, 3.8) is 0 Å². The third kappa shape index (κ3) is 3.65. The van der Waals surface area contributed by atoms with E-state index in [-0.39, 0.29) is 18.3 Å². The summed E-state index contributed by atoms with van der Waals surface area (Å²) >= 11 is 9.99. The van der Waals surface area contributed by atoms with Crippen LogP contribution in [0.5, 0.6) is 0 Å². The second-order valence-corrected chi connectivity index (χ2v) is 4.11. The number of alkyl halides is 1. The Morgan fingerprint density at radius 2 is 2.24 bits per heavy atom. The van der Waals surface area contributed by atoms with Crippen molar-refractivity contribution in [2.45, 2.75) is 24.1 Å². The molecule has 0 bridgehead atoms. The van der Waals surface area contributed by atoms with Crippen LogP contribution in [0, 0.1) is 11.3 Å². The molecule has 1 aromatic rings. The van der Waals surface area contributed by atoms with Gasteiger partial charge in [-0.3, -0.25) is 4.79 Å². The minimum absolute atomic E-state index is 0.141. The van der Waals surface area contributed by atoms with Crippen molar-refractivity contribution in [1.82, 2.24) is 0 Å². The average Bonchev–Trinajstić information content (AvgIpc) is 2.31. The monoisotopic (exact) mass is 269 g/mol. The summed E-state index contributed by atoms with van der Waals surface area (Å²) in [7, 11) is 0. The summed E-state index contributed by atoms with van der Waals surface area (Å²) in [4.78, 5) is 12.0. The highest BCUT2D eigenvalue weighted by Gasteiger charge is 2.11. The van der Waals surface area contributed by atoms with Crippen LogP contribution in [0.2, 0.25) is 0 Å². The van der Waals surface area contributed by atoms with Crippen molar-refractivity contribution in [3.05, 3.63) is 28.8 Å². The molecule has 0 amide bonds. The van der Waals surface area contributed by atoms with Gasteiger partial charge in [0.25, 0.3) is 0 Å². The van der Waals surface area contributed by atoms with Gasteiger partial charge in [-0.1, -0.05) is 6.07 Å². The molecule has 0 fully saturated rings. The zero-order valence-electron chi connectivity index (χ0n) is 9.36. The zero-order chi connectivity index (χ0) is 12.8. The second kappa shape index (κ2) is 6.53. The van der Waals surface area contributed by atoms with E-state index >= 15 is 0 Å². The van der Waals surface area contributed by atoms with Gasteiger partial charge in [-0.2, -0.15) is 5.26 Å². The highest BCUT2D eigenvalue weighted by Crippen LogP contribution is 2.22. The average molecular weight is 270 g/mol. The zero-order valence-corrected chi connectivity index (χ0v) is 11.0. The molecule has 0 atom stereocenters. The molecule has 0 aliphatic heterocycles. The van der Waals surface area contributed by atoms with E-state index in [1.165, 1.54) is 0 Å². The van der Waals surface area contributed by atoms with Crippen LogP contribution in [-0.4, -0.2) is 12.6 Å². The highest BCUT2D eigenvalue weighted by molar-refractivity contribution is 7.80. The third-order valence-corrected chi connectivity index (χ3v) is 2.91. The summed E-state index contributed by atoms with van der Waals surface area (Å²) in [6.07, 6.45) is 0.141. The number of halogens is 1. The van der Waals surface area contributed by atoms with Crippen molar-refractivity contribution in [2.75, 3.05) is 6.61 Å². The van der Waals surface area contributed by atoms with Crippen molar-refractivity contribution >= 4 is 30.2 Å². The van der Waals surface area contributed by atoms with Crippen LogP contribution in [0.4, 0.5) is 0 Å². The highest BCUT2D eigenvalue weighted by atomic mass is 35.5. The van der Waals surface area contributed by atoms with E-state index in [0.29, 0.717) is 22.6 Å². The second-order valence-electron chi connectivity index (χ2n) is 3.37. The minimum Gasteiger partial charge on any atom is -0.466 e. The maximum Gasteiger partial charge on any atom is 0.310 e. The summed E-state index contributed by atoms with van der Waals surface area (Å²) < 4.78 is 4.86. The molecular formula is C12H12ClNO2S. The van der Waals surface area contributed by atoms with Crippen LogP contribution in [0.25, 0.3) is 0 Å². The number of carbonyl (C=O) groups excluding carboxylic acids is 1. The quantitative estimate of drug-likeness (QED) is 0.519. The number of hydrogen-bond acceptors (Lipinski definition) is 4. The van der Waals surface area contributed by atoms with E-state index in [0.717, 1.165) is 5.56 Å². The van der Waals surface area contributed by atoms with E-state index in [4.69, 9.17) is 21.6 Å². The number of hydrogen-bond donors (Lipinski definition) is 1. The molecule has 0 aliphatic rings. The largest absolute Gasteiger partial charge is 0.466 e. The number of carbonyl (C=O) groups is 1. The molecule has 0 aliphatic carbocycles. The van der Waals surface area contributed by atoms with Crippen LogP contribution in [0.1, 0.15) is 23.6 Å². The van der Waals surface area contributed by atoms with Gasteiger partial charge in [0.2, 0.25) is 0 Å². The lowest BCUT2D eigenvalue weighted by Crippen LogP contribution is -2.08. The van der Waals surface area contributed by atoms with Gasteiger partial charge in [0.1, 0.15) is 0 Å². The lowest BCUT2D eigenvalue weighted by atomic mass is 10.0. The fourth-order valence-corrected chi connectivity index (χ4v) is 1.90. The van der Waals surface area contributed by atoms with Crippen molar-refractivity contribution in [3.8, 4) is 6.07 Å². The summed E-state index contributed by atoms with van der Waals surface area (Å²) in [6.45, 7) is 2.10. The van der Waals surface area contributed by atoms with Crippen LogP contribution < -0.4 is 0 Å². The van der Waals surface area contributed by atoms with Crippen LogP contribution in [0.3, 0.4) is 0 Å². The summed E-state index contributed by atoms with van der Waals surface area (Å²) in [6, 6.07) is 5.39. The Morgan fingerprint density at radius 3 is 2.76 bits per heavy atom. The van der Waals surface area contributed by atoms with Gasteiger partial charge in [0.05, 0.1) is 24.7 Å². The Labute approximate surface area is 111 Å². The molecule has 1 aromatic carbocycles. The standard InChI is InChI=1S/C12H12ClNO2S/c1-2-16-12(15)5-8-3-9(6-13)10(7-14)4-11(8)17/h3-4,17H,2,5-6H2,1H3. The molecule has 90 valence electrons. The van der Waals surface area contributed by atoms with Gasteiger partial charge < -0.3 is 4.74 Å². The summed E-state index contributed by atoms with van der Waals surface area (Å²) in [5, 5.41) is 8.90. The fourth-order valence-electron chi connectivity index (χ4n) is 1.41. The van der Waals surface area contributed by atoms with E-state index in [9.17, 15) is 4.79 Å². The number of esters is 1. The number of nitrogens with zero attached hydrogens (tertiary/aromatic N) is 1. The van der Waals surface area contributed by atoms with Crippen LogP contribution >= 0.6 is 24.2 Å². The predicted molar refractivity (Wildman–Crippen MR) is 68.3 cm³/mol. The molecule has 17 heavy (non-hydrogen) atoms. The molecule has 3 nitrogen and oxygen atoms in total. The Bertz CT molecular complexity index is 468. The van der Waals surface area contributed by atoms with Gasteiger partial charge in [0.15, 0.2) is 0 Å². The van der Waals surface area contributed by atoms with Crippen LogP contribution in [-0.2, 0) is 21.8 Å². The normalized spacial score (nSPS) is 9.76. The van der Waals surface area contributed by atoms with Gasteiger partial charge in [-0.25, -0.2) is 0 Å². The molecule has 0 N–H and O–H groups in total.